The van der Waals surface area contributed by atoms with Crippen LogP contribution >= 0.6 is 24.0 Å². The van der Waals surface area contributed by atoms with Gasteiger partial charge in [0.25, 0.3) is 0 Å². The average molecular weight is 438 g/mol. The topological polar surface area (TPSA) is 49.3 Å². The van der Waals surface area contributed by atoms with E-state index in [9.17, 15) is 0 Å². The highest BCUT2D eigenvalue weighted by atomic mass is 127. The van der Waals surface area contributed by atoms with E-state index in [0.717, 1.165) is 30.2 Å². The fourth-order valence-corrected chi connectivity index (χ4v) is 2.40. The maximum atomic E-state index is 4.49. The van der Waals surface area contributed by atoms with Crippen LogP contribution in [0.2, 0.25) is 0 Å². The van der Waals surface area contributed by atoms with Crippen molar-refractivity contribution in [3.05, 3.63) is 65.5 Å². The molecule has 130 valence electrons. The van der Waals surface area contributed by atoms with Gasteiger partial charge >= 0.3 is 0 Å². The third-order valence-corrected chi connectivity index (χ3v) is 3.70. The van der Waals surface area contributed by atoms with Crippen LogP contribution in [-0.4, -0.2) is 24.0 Å². The van der Waals surface area contributed by atoms with Crippen molar-refractivity contribution in [2.75, 3.05) is 7.05 Å². The van der Waals surface area contributed by atoms with Crippen LogP contribution in [-0.2, 0) is 13.0 Å². The van der Waals surface area contributed by atoms with Crippen molar-refractivity contribution in [2.45, 2.75) is 39.3 Å². The number of aromatic nitrogens is 1. The molecular formula is C19H27IN4. The van der Waals surface area contributed by atoms with Gasteiger partial charge in [-0.3, -0.25) is 9.98 Å². The molecule has 0 aliphatic heterocycles. The molecule has 0 fully saturated rings. The van der Waals surface area contributed by atoms with E-state index in [1.165, 1.54) is 5.56 Å². The summed E-state index contributed by atoms with van der Waals surface area (Å²) in [6, 6.07) is 17.0. The number of nitrogens with zero attached hydrogens (tertiary/aromatic N) is 2. The molecule has 5 heteroatoms. The lowest BCUT2D eigenvalue weighted by Gasteiger charge is -2.18. The van der Waals surface area contributed by atoms with Crippen LogP contribution in [0.4, 0.5) is 0 Å². The summed E-state index contributed by atoms with van der Waals surface area (Å²) in [4.78, 5) is 8.78. The molecule has 1 aromatic carbocycles. The van der Waals surface area contributed by atoms with E-state index in [2.05, 4.69) is 57.9 Å². The lowest BCUT2D eigenvalue weighted by molar-refractivity contribution is 0.592. The highest BCUT2D eigenvalue weighted by Gasteiger charge is 2.06. The predicted molar refractivity (Wildman–Crippen MR) is 112 cm³/mol. The number of benzene rings is 1. The van der Waals surface area contributed by atoms with Gasteiger partial charge < -0.3 is 10.6 Å². The normalized spacial score (nSPS) is 12.2. The molecule has 0 amide bonds. The van der Waals surface area contributed by atoms with Crippen LogP contribution in [0.5, 0.6) is 0 Å². The van der Waals surface area contributed by atoms with Crippen LogP contribution in [0, 0.1) is 6.92 Å². The van der Waals surface area contributed by atoms with Crippen LogP contribution in [0.15, 0.2) is 53.5 Å². The number of halogens is 1. The number of pyridine rings is 1. The third kappa shape index (κ3) is 7.29. The molecule has 0 saturated heterocycles. The molecule has 0 radical (unpaired) electrons. The Morgan fingerprint density at radius 3 is 2.54 bits per heavy atom. The van der Waals surface area contributed by atoms with E-state index >= 15 is 0 Å². The summed E-state index contributed by atoms with van der Waals surface area (Å²) < 4.78 is 0. The quantitative estimate of drug-likeness (QED) is 0.411. The smallest absolute Gasteiger partial charge is 0.191 e. The summed E-state index contributed by atoms with van der Waals surface area (Å²) in [6.45, 7) is 4.86. The van der Waals surface area contributed by atoms with E-state index in [4.69, 9.17) is 0 Å². The molecule has 0 spiro atoms. The molecule has 1 aromatic heterocycles. The first kappa shape index (κ1) is 20.4. The molecule has 2 rings (SSSR count). The molecule has 2 N–H and O–H groups in total. The van der Waals surface area contributed by atoms with Gasteiger partial charge in [-0.15, -0.1) is 24.0 Å². The van der Waals surface area contributed by atoms with Crippen molar-refractivity contribution in [2.24, 2.45) is 4.99 Å². The second kappa shape index (κ2) is 11.0. The number of rotatable bonds is 6. The predicted octanol–water partition coefficient (Wildman–Crippen LogP) is 3.69. The van der Waals surface area contributed by atoms with E-state index in [-0.39, 0.29) is 24.0 Å². The Bertz CT molecular complexity index is 628. The van der Waals surface area contributed by atoms with Gasteiger partial charge in [-0.25, -0.2) is 0 Å². The van der Waals surface area contributed by atoms with Crippen molar-refractivity contribution < 1.29 is 0 Å². The first-order valence-corrected chi connectivity index (χ1v) is 8.11. The van der Waals surface area contributed by atoms with Crippen molar-refractivity contribution >= 4 is 29.9 Å². The molecule has 0 aliphatic carbocycles. The summed E-state index contributed by atoms with van der Waals surface area (Å²) in [5.74, 6) is 0.814. The summed E-state index contributed by atoms with van der Waals surface area (Å²) >= 11 is 0. The number of hydrogen-bond acceptors (Lipinski definition) is 2. The molecule has 1 unspecified atom stereocenters. The highest BCUT2D eigenvalue weighted by Crippen LogP contribution is 2.04. The summed E-state index contributed by atoms with van der Waals surface area (Å²) in [6.07, 6.45) is 2.12. The maximum absolute atomic E-state index is 4.49. The Kier molecular flexibility index (Phi) is 9.37. The van der Waals surface area contributed by atoms with Crippen molar-refractivity contribution in [1.29, 1.82) is 0 Å². The van der Waals surface area contributed by atoms with Crippen molar-refractivity contribution in [3.63, 3.8) is 0 Å². The third-order valence-electron chi connectivity index (χ3n) is 3.70. The van der Waals surface area contributed by atoms with Crippen LogP contribution in [0.1, 0.15) is 30.3 Å². The van der Waals surface area contributed by atoms with Crippen molar-refractivity contribution in [1.82, 2.24) is 15.6 Å². The van der Waals surface area contributed by atoms with Crippen LogP contribution < -0.4 is 10.6 Å². The zero-order chi connectivity index (χ0) is 16.5. The second-order valence-electron chi connectivity index (χ2n) is 5.77. The van der Waals surface area contributed by atoms with Gasteiger partial charge in [0.1, 0.15) is 0 Å². The van der Waals surface area contributed by atoms with Crippen molar-refractivity contribution in [3.8, 4) is 0 Å². The zero-order valence-corrected chi connectivity index (χ0v) is 17.0. The zero-order valence-electron chi connectivity index (χ0n) is 14.6. The van der Waals surface area contributed by atoms with E-state index in [1.807, 2.05) is 25.1 Å². The van der Waals surface area contributed by atoms with Gasteiger partial charge in [0.2, 0.25) is 0 Å². The first-order chi connectivity index (χ1) is 11.2. The van der Waals surface area contributed by atoms with Crippen LogP contribution in [0.3, 0.4) is 0 Å². The van der Waals surface area contributed by atoms with Gasteiger partial charge in [-0.05, 0) is 44.4 Å². The number of hydrogen-bond donors (Lipinski definition) is 2. The number of guanidine groups is 1. The van der Waals surface area contributed by atoms with Gasteiger partial charge in [0.05, 0.1) is 12.2 Å². The SMILES string of the molecule is CN=C(NCc1cccc(C)n1)NC(C)CCc1ccccc1.I. The highest BCUT2D eigenvalue weighted by molar-refractivity contribution is 14.0. The van der Waals surface area contributed by atoms with Crippen LogP contribution in [0.25, 0.3) is 0 Å². The molecule has 0 saturated carbocycles. The van der Waals surface area contributed by atoms with Gasteiger partial charge in [0.15, 0.2) is 5.96 Å². The first-order valence-electron chi connectivity index (χ1n) is 8.11. The number of nitrogens with one attached hydrogen (secondary N) is 2. The lowest BCUT2D eigenvalue weighted by atomic mass is 10.1. The minimum absolute atomic E-state index is 0. The Balaban J connectivity index is 0.00000288. The van der Waals surface area contributed by atoms with E-state index in [1.54, 1.807) is 7.05 Å². The standard InChI is InChI=1S/C19H26N4.HI/c1-15-8-7-11-18(22-15)14-21-19(20-3)23-16(2)12-13-17-9-5-4-6-10-17;/h4-11,16H,12-14H2,1-3H3,(H2,20,21,23);1H. The minimum Gasteiger partial charge on any atom is -0.354 e. The molecule has 24 heavy (non-hydrogen) atoms. The molecule has 0 bridgehead atoms. The van der Waals surface area contributed by atoms with Gasteiger partial charge in [0, 0.05) is 18.8 Å². The molecule has 1 atom stereocenters. The van der Waals surface area contributed by atoms with E-state index in [0.29, 0.717) is 12.6 Å². The molecule has 1 heterocycles. The number of aliphatic imine (C=N–C) groups is 1. The Morgan fingerprint density at radius 2 is 1.88 bits per heavy atom. The fourth-order valence-electron chi connectivity index (χ4n) is 2.40. The Morgan fingerprint density at radius 1 is 1.12 bits per heavy atom. The molecular weight excluding hydrogens is 411 g/mol. The molecule has 2 aromatic rings. The molecule has 4 nitrogen and oxygen atoms in total. The summed E-state index contributed by atoms with van der Waals surface area (Å²) in [5.41, 5.74) is 3.42. The summed E-state index contributed by atoms with van der Waals surface area (Å²) in [5, 5.41) is 6.75. The average Bonchev–Trinajstić information content (AvgIpc) is 2.58. The Hall–Kier alpha value is -1.63. The monoisotopic (exact) mass is 438 g/mol. The van der Waals surface area contributed by atoms with Gasteiger partial charge in [-0.1, -0.05) is 36.4 Å². The minimum atomic E-state index is 0. The fraction of sp³-hybridized carbons (Fsp3) is 0.368. The van der Waals surface area contributed by atoms with E-state index < -0.39 is 0 Å². The maximum Gasteiger partial charge on any atom is 0.191 e. The number of aryl methyl sites for hydroxylation is 2. The van der Waals surface area contributed by atoms with Gasteiger partial charge in [-0.2, -0.15) is 0 Å². The lowest BCUT2D eigenvalue weighted by Crippen LogP contribution is -2.42. The second-order valence-corrected chi connectivity index (χ2v) is 5.77. The molecule has 0 aliphatic rings. The largest absolute Gasteiger partial charge is 0.354 e. The Labute approximate surface area is 162 Å². The summed E-state index contributed by atoms with van der Waals surface area (Å²) in [7, 11) is 1.79.